The number of nitrogens with zero attached hydrogens (tertiary/aromatic N) is 2. The fraction of sp³-hybridized carbons (Fsp3) is 0.273. The highest BCUT2D eigenvalue weighted by Crippen LogP contribution is 2.24. The highest BCUT2D eigenvalue weighted by Gasteiger charge is 2.31. The van der Waals surface area contributed by atoms with Gasteiger partial charge in [-0.05, 0) is 50.2 Å². The van der Waals surface area contributed by atoms with Crippen molar-refractivity contribution in [3.63, 3.8) is 0 Å². The van der Waals surface area contributed by atoms with E-state index in [1.807, 2.05) is 0 Å². The Morgan fingerprint density at radius 2 is 1.68 bits per heavy atom. The Kier molecular flexibility index (Phi) is 7.08. The molecule has 1 unspecified atom stereocenters. The van der Waals surface area contributed by atoms with Crippen molar-refractivity contribution in [1.82, 2.24) is 9.13 Å². The number of amides is 1. The van der Waals surface area contributed by atoms with Crippen molar-refractivity contribution < 1.29 is 32.2 Å². The molecular weight excluding hydrogens is 459 g/mol. The van der Waals surface area contributed by atoms with Crippen molar-refractivity contribution in [1.29, 1.82) is 0 Å². The van der Waals surface area contributed by atoms with Gasteiger partial charge in [-0.25, -0.2) is 4.79 Å². The average Bonchev–Trinajstić information content (AvgIpc) is 2.77. The Morgan fingerprint density at radius 3 is 2.29 bits per heavy atom. The number of hydrogen-bond acceptors (Lipinski definition) is 6. The molecule has 0 radical (unpaired) electrons. The van der Waals surface area contributed by atoms with Crippen LogP contribution in [0, 0.1) is 0 Å². The molecule has 3 rings (SSSR count). The lowest BCUT2D eigenvalue weighted by Crippen LogP contribution is -2.41. The Balaban J connectivity index is 1.70. The molecule has 0 aliphatic heterocycles. The van der Waals surface area contributed by atoms with Crippen LogP contribution in [-0.4, -0.2) is 33.5 Å². The van der Waals surface area contributed by atoms with Crippen LogP contribution < -0.4 is 21.3 Å². The van der Waals surface area contributed by atoms with Crippen LogP contribution in [0.5, 0.6) is 5.75 Å². The van der Waals surface area contributed by atoms with Crippen LogP contribution in [-0.2, 0) is 27.4 Å². The van der Waals surface area contributed by atoms with Crippen LogP contribution in [0.15, 0.2) is 58.1 Å². The number of fused-ring (bicyclic) bond motifs is 1. The number of carbonyl (C=O) groups excluding carboxylic acids is 2. The van der Waals surface area contributed by atoms with Gasteiger partial charge in [0.1, 0.15) is 12.3 Å². The Bertz CT molecular complexity index is 1330. The molecule has 0 spiro atoms. The second-order valence-corrected chi connectivity index (χ2v) is 7.13. The predicted octanol–water partition coefficient (Wildman–Crippen LogP) is 2.65. The molecule has 0 fully saturated rings. The van der Waals surface area contributed by atoms with Crippen molar-refractivity contribution in [2.45, 2.75) is 39.4 Å². The number of alkyl halides is 3. The number of aromatic nitrogens is 2. The summed E-state index contributed by atoms with van der Waals surface area (Å²) in [6.07, 6.45) is -6.12. The summed E-state index contributed by atoms with van der Waals surface area (Å²) in [4.78, 5) is 50.0. The number of esters is 1. The summed E-state index contributed by atoms with van der Waals surface area (Å²) < 4.78 is 47.6. The van der Waals surface area contributed by atoms with Crippen LogP contribution in [0.2, 0.25) is 0 Å². The van der Waals surface area contributed by atoms with E-state index in [-0.39, 0.29) is 23.1 Å². The number of carbonyl (C=O) groups is 2. The van der Waals surface area contributed by atoms with E-state index in [0.717, 1.165) is 21.3 Å². The largest absolute Gasteiger partial charge is 0.573 e. The van der Waals surface area contributed by atoms with Gasteiger partial charge in [-0.15, -0.1) is 13.2 Å². The maximum Gasteiger partial charge on any atom is 0.573 e. The molecule has 1 aromatic heterocycles. The van der Waals surface area contributed by atoms with E-state index in [0.29, 0.717) is 0 Å². The zero-order chi connectivity index (χ0) is 25.0. The lowest BCUT2D eigenvalue weighted by atomic mass is 10.2. The standard InChI is InChI=1S/C22H20F3N3O6/c1-3-27-20(31)16-6-4-5-7-17(16)28(21(27)32)12-18(29)33-13(2)19(30)26-14-8-10-15(11-9-14)34-22(23,24)25/h4-11,13H,3,12H2,1-2H3,(H,26,30). The van der Waals surface area contributed by atoms with Gasteiger partial charge in [0.2, 0.25) is 0 Å². The van der Waals surface area contributed by atoms with Gasteiger partial charge in [0.05, 0.1) is 10.9 Å². The van der Waals surface area contributed by atoms with E-state index in [4.69, 9.17) is 4.74 Å². The first-order valence-electron chi connectivity index (χ1n) is 10.1. The maximum absolute atomic E-state index is 12.7. The molecular formula is C22H20F3N3O6. The van der Waals surface area contributed by atoms with Crippen molar-refractivity contribution in [2.24, 2.45) is 0 Å². The summed E-state index contributed by atoms with van der Waals surface area (Å²) in [6, 6.07) is 10.7. The molecule has 1 N–H and O–H groups in total. The number of hydrogen-bond donors (Lipinski definition) is 1. The quantitative estimate of drug-likeness (QED) is 0.522. The van der Waals surface area contributed by atoms with Gasteiger partial charge in [-0.3, -0.25) is 23.5 Å². The maximum atomic E-state index is 12.7. The van der Waals surface area contributed by atoms with Gasteiger partial charge in [0.15, 0.2) is 6.10 Å². The molecule has 0 saturated heterocycles. The highest BCUT2D eigenvalue weighted by atomic mass is 19.4. The number of para-hydroxylation sites is 1. The minimum atomic E-state index is -4.84. The van der Waals surface area contributed by atoms with Crippen LogP contribution in [0.4, 0.5) is 18.9 Å². The molecule has 180 valence electrons. The fourth-order valence-electron chi connectivity index (χ4n) is 3.20. The van der Waals surface area contributed by atoms with Crippen LogP contribution in [0.3, 0.4) is 0 Å². The molecule has 0 saturated carbocycles. The van der Waals surface area contributed by atoms with E-state index in [1.165, 1.54) is 31.2 Å². The number of halogens is 3. The summed E-state index contributed by atoms with van der Waals surface area (Å²) in [5.41, 5.74) is -0.773. The first-order valence-corrected chi connectivity index (χ1v) is 10.1. The number of nitrogens with one attached hydrogen (secondary N) is 1. The Labute approximate surface area is 190 Å². The van der Waals surface area contributed by atoms with Crippen molar-refractivity contribution in [2.75, 3.05) is 5.32 Å². The third-order valence-electron chi connectivity index (χ3n) is 4.77. The normalized spacial score (nSPS) is 12.3. The Morgan fingerprint density at radius 1 is 1.03 bits per heavy atom. The average molecular weight is 479 g/mol. The lowest BCUT2D eigenvalue weighted by molar-refractivity contribution is -0.274. The van der Waals surface area contributed by atoms with Gasteiger partial charge >= 0.3 is 18.0 Å². The number of ether oxygens (including phenoxy) is 2. The van der Waals surface area contributed by atoms with E-state index in [2.05, 4.69) is 10.1 Å². The third-order valence-corrected chi connectivity index (χ3v) is 4.77. The molecule has 9 nitrogen and oxygen atoms in total. The summed E-state index contributed by atoms with van der Waals surface area (Å²) >= 11 is 0. The summed E-state index contributed by atoms with van der Waals surface area (Å²) in [7, 11) is 0. The smallest absolute Gasteiger partial charge is 0.451 e. The van der Waals surface area contributed by atoms with Crippen LogP contribution in [0.25, 0.3) is 10.9 Å². The van der Waals surface area contributed by atoms with Crippen molar-refractivity contribution in [3.05, 3.63) is 69.4 Å². The molecule has 1 amide bonds. The van der Waals surface area contributed by atoms with E-state index >= 15 is 0 Å². The SMILES string of the molecule is CCn1c(=O)c2ccccc2n(CC(=O)OC(C)C(=O)Nc2ccc(OC(F)(F)F)cc2)c1=O. The molecule has 2 aromatic carbocycles. The van der Waals surface area contributed by atoms with Crippen LogP contribution in [0.1, 0.15) is 13.8 Å². The van der Waals surface area contributed by atoms with Gasteiger partial charge < -0.3 is 14.8 Å². The third kappa shape index (κ3) is 5.63. The summed E-state index contributed by atoms with van der Waals surface area (Å²) in [5, 5.41) is 2.65. The van der Waals surface area contributed by atoms with Gasteiger partial charge in [-0.1, -0.05) is 12.1 Å². The van der Waals surface area contributed by atoms with Crippen molar-refractivity contribution in [3.8, 4) is 5.75 Å². The number of benzene rings is 2. The topological polar surface area (TPSA) is 109 Å². The van der Waals surface area contributed by atoms with Gasteiger partial charge in [0, 0.05) is 12.2 Å². The zero-order valence-corrected chi connectivity index (χ0v) is 18.1. The fourth-order valence-corrected chi connectivity index (χ4v) is 3.20. The minimum absolute atomic E-state index is 0.100. The first kappa shape index (κ1) is 24.6. The van der Waals surface area contributed by atoms with E-state index < -0.39 is 47.9 Å². The second-order valence-electron chi connectivity index (χ2n) is 7.13. The van der Waals surface area contributed by atoms with Crippen molar-refractivity contribution >= 4 is 28.5 Å². The van der Waals surface area contributed by atoms with E-state index in [1.54, 1.807) is 19.1 Å². The highest BCUT2D eigenvalue weighted by molar-refractivity contribution is 5.95. The molecule has 3 aromatic rings. The van der Waals surface area contributed by atoms with E-state index in [9.17, 15) is 32.3 Å². The summed E-state index contributed by atoms with van der Waals surface area (Å²) in [5.74, 6) is -2.10. The Hall–Kier alpha value is -4.09. The zero-order valence-electron chi connectivity index (χ0n) is 18.1. The first-order chi connectivity index (χ1) is 16.0. The molecule has 1 atom stereocenters. The molecule has 0 bridgehead atoms. The summed E-state index contributed by atoms with van der Waals surface area (Å²) in [6.45, 7) is 2.47. The van der Waals surface area contributed by atoms with Crippen LogP contribution >= 0.6 is 0 Å². The minimum Gasteiger partial charge on any atom is -0.451 e. The predicted molar refractivity (Wildman–Crippen MR) is 115 cm³/mol. The number of anilines is 1. The number of rotatable bonds is 7. The monoisotopic (exact) mass is 479 g/mol. The second kappa shape index (κ2) is 9.81. The van der Waals surface area contributed by atoms with Gasteiger partial charge in [-0.2, -0.15) is 0 Å². The molecule has 34 heavy (non-hydrogen) atoms. The molecule has 12 heteroatoms. The lowest BCUT2D eigenvalue weighted by Gasteiger charge is -2.16. The molecule has 1 heterocycles. The molecule has 0 aliphatic rings. The van der Waals surface area contributed by atoms with Gasteiger partial charge in [0.25, 0.3) is 11.5 Å². The molecule has 0 aliphatic carbocycles.